The Morgan fingerprint density at radius 2 is 1.81 bits per heavy atom. The minimum atomic E-state index is -3.36. The molecule has 4 rings (SSSR count). The van der Waals surface area contributed by atoms with E-state index in [0.29, 0.717) is 17.0 Å². The van der Waals surface area contributed by atoms with Crippen molar-refractivity contribution in [2.24, 2.45) is 0 Å². The number of benzene rings is 1. The molecule has 0 saturated carbocycles. The van der Waals surface area contributed by atoms with Crippen molar-refractivity contribution < 1.29 is 26.4 Å². The normalized spacial score (nSPS) is 11.5. The molecule has 0 fully saturated rings. The molecule has 0 saturated heterocycles. The van der Waals surface area contributed by atoms with Gasteiger partial charge in [0.1, 0.15) is 23.5 Å². The maximum absolute atomic E-state index is 13.0. The number of nitrogens with zero attached hydrogens (tertiary/aromatic N) is 3. The number of aryl methyl sites for hydroxylation is 1. The van der Waals surface area contributed by atoms with E-state index in [9.17, 15) is 17.6 Å². The van der Waals surface area contributed by atoms with Crippen LogP contribution < -0.4 is 5.32 Å². The van der Waals surface area contributed by atoms with Crippen LogP contribution >= 0.6 is 0 Å². The molecule has 1 N–H and O–H groups in total. The summed E-state index contributed by atoms with van der Waals surface area (Å²) < 4.78 is 47.0. The molecule has 0 radical (unpaired) electrons. The lowest BCUT2D eigenvalue weighted by Gasteiger charge is -2.03. The second-order valence-electron chi connectivity index (χ2n) is 6.56. The van der Waals surface area contributed by atoms with Crippen LogP contribution in [0.25, 0.3) is 22.6 Å². The summed E-state index contributed by atoms with van der Waals surface area (Å²) in [5.41, 5.74) is 1.41. The minimum absolute atomic E-state index is 0.0933. The van der Waals surface area contributed by atoms with Gasteiger partial charge in [0.05, 0.1) is 16.8 Å². The summed E-state index contributed by atoms with van der Waals surface area (Å²) in [5, 5.41) is 2.47. The van der Waals surface area contributed by atoms with Crippen molar-refractivity contribution in [2.75, 3.05) is 11.6 Å². The third-order valence-corrected chi connectivity index (χ3v) is 5.34. The van der Waals surface area contributed by atoms with Crippen LogP contribution in [0, 0.1) is 12.7 Å². The summed E-state index contributed by atoms with van der Waals surface area (Å²) in [5.74, 6) is -0.998. The highest BCUT2D eigenvalue weighted by atomic mass is 32.2. The number of oxazole rings is 2. The molecule has 0 aliphatic rings. The van der Waals surface area contributed by atoms with E-state index in [1.54, 1.807) is 6.92 Å². The third-order valence-electron chi connectivity index (χ3n) is 4.21. The Hall–Kier alpha value is -3.86. The van der Waals surface area contributed by atoms with Crippen LogP contribution in [0.2, 0.25) is 0 Å². The minimum Gasteiger partial charge on any atom is -0.435 e. The Morgan fingerprint density at radius 1 is 1.06 bits per heavy atom. The predicted octanol–water partition coefficient (Wildman–Crippen LogP) is 3.49. The molecule has 11 heteroatoms. The average molecular weight is 442 g/mol. The number of sulfone groups is 1. The van der Waals surface area contributed by atoms with E-state index >= 15 is 0 Å². The number of carbonyl (C=O) groups is 1. The number of hydrogen-bond acceptors (Lipinski definition) is 8. The highest BCUT2D eigenvalue weighted by Gasteiger charge is 2.22. The lowest BCUT2D eigenvalue weighted by Crippen LogP contribution is -2.12. The Morgan fingerprint density at radius 3 is 2.45 bits per heavy atom. The number of anilines is 1. The standard InChI is InChI=1S/C20H15FN4O5S/c1-11-23-17(12-3-6-14(7-4-12)31(2,27)28)18(30-11)19(26)25-20-24-16(10-29-20)15-8-5-13(21)9-22-15/h3-10H,1-2H3,(H,24,25,26). The van der Waals surface area contributed by atoms with E-state index in [1.165, 1.54) is 42.7 Å². The van der Waals surface area contributed by atoms with Crippen molar-refractivity contribution in [1.82, 2.24) is 15.0 Å². The van der Waals surface area contributed by atoms with Crippen molar-refractivity contribution in [1.29, 1.82) is 0 Å². The summed E-state index contributed by atoms with van der Waals surface area (Å²) >= 11 is 0. The number of carbonyl (C=O) groups excluding carboxylic acids is 1. The summed E-state index contributed by atoms with van der Waals surface area (Å²) in [6.07, 6.45) is 3.42. The van der Waals surface area contributed by atoms with Gasteiger partial charge in [0.2, 0.25) is 5.76 Å². The molecule has 0 bridgehead atoms. The zero-order chi connectivity index (χ0) is 22.2. The molecule has 1 aromatic carbocycles. The quantitative estimate of drug-likeness (QED) is 0.497. The van der Waals surface area contributed by atoms with E-state index in [2.05, 4.69) is 20.3 Å². The zero-order valence-corrected chi connectivity index (χ0v) is 17.1. The molecule has 0 aliphatic carbocycles. The number of pyridine rings is 1. The van der Waals surface area contributed by atoms with Crippen LogP contribution in [0.1, 0.15) is 16.4 Å². The van der Waals surface area contributed by atoms with E-state index in [-0.39, 0.29) is 28.3 Å². The molecule has 0 atom stereocenters. The molecule has 158 valence electrons. The molecule has 9 nitrogen and oxygen atoms in total. The van der Waals surface area contributed by atoms with Gasteiger partial charge in [0.25, 0.3) is 5.91 Å². The summed E-state index contributed by atoms with van der Waals surface area (Å²) in [6.45, 7) is 1.58. The number of hydrogen-bond donors (Lipinski definition) is 1. The lowest BCUT2D eigenvalue weighted by atomic mass is 10.1. The van der Waals surface area contributed by atoms with Gasteiger partial charge in [-0.05, 0) is 24.3 Å². The maximum atomic E-state index is 13.0. The van der Waals surface area contributed by atoms with Crippen LogP contribution in [-0.2, 0) is 9.84 Å². The van der Waals surface area contributed by atoms with Crippen LogP contribution in [0.3, 0.4) is 0 Å². The summed E-state index contributed by atoms with van der Waals surface area (Å²) in [4.78, 5) is 25.1. The molecular formula is C20H15FN4O5S. The van der Waals surface area contributed by atoms with Crippen molar-refractivity contribution in [3.8, 4) is 22.6 Å². The summed E-state index contributed by atoms with van der Waals surface area (Å²) in [7, 11) is -3.36. The fourth-order valence-corrected chi connectivity index (χ4v) is 3.40. The van der Waals surface area contributed by atoms with Gasteiger partial charge in [0, 0.05) is 18.7 Å². The fourth-order valence-electron chi connectivity index (χ4n) is 2.77. The van der Waals surface area contributed by atoms with E-state index < -0.39 is 21.6 Å². The second-order valence-corrected chi connectivity index (χ2v) is 8.58. The number of halogens is 1. The first-order valence-electron chi connectivity index (χ1n) is 8.87. The monoisotopic (exact) mass is 442 g/mol. The Bertz CT molecular complexity index is 1360. The first kappa shape index (κ1) is 20.4. The van der Waals surface area contributed by atoms with Gasteiger partial charge >= 0.3 is 6.01 Å². The Labute approximate surface area is 175 Å². The lowest BCUT2D eigenvalue weighted by molar-refractivity contribution is 0.0993. The molecular weight excluding hydrogens is 427 g/mol. The van der Waals surface area contributed by atoms with Crippen LogP contribution in [0.4, 0.5) is 10.4 Å². The number of nitrogens with one attached hydrogen (secondary N) is 1. The third kappa shape index (κ3) is 4.36. The smallest absolute Gasteiger partial charge is 0.302 e. The van der Waals surface area contributed by atoms with Gasteiger partial charge in [-0.3, -0.25) is 15.1 Å². The van der Waals surface area contributed by atoms with Gasteiger partial charge in [-0.2, -0.15) is 4.98 Å². The van der Waals surface area contributed by atoms with E-state index in [1.807, 2.05) is 0 Å². The molecule has 4 aromatic rings. The van der Waals surface area contributed by atoms with Gasteiger partial charge in [0.15, 0.2) is 15.7 Å². The average Bonchev–Trinajstić information content (AvgIpc) is 3.35. The Balaban J connectivity index is 1.58. The number of aromatic nitrogens is 3. The topological polar surface area (TPSA) is 128 Å². The molecule has 31 heavy (non-hydrogen) atoms. The van der Waals surface area contributed by atoms with Gasteiger partial charge in [-0.25, -0.2) is 17.8 Å². The molecule has 0 unspecified atom stereocenters. The first-order chi connectivity index (χ1) is 14.7. The predicted molar refractivity (Wildman–Crippen MR) is 107 cm³/mol. The SMILES string of the molecule is Cc1nc(-c2ccc(S(C)(=O)=O)cc2)c(C(=O)Nc2nc(-c3ccc(F)cn3)co2)o1. The van der Waals surface area contributed by atoms with Gasteiger partial charge < -0.3 is 8.83 Å². The van der Waals surface area contributed by atoms with Gasteiger partial charge in [-0.1, -0.05) is 12.1 Å². The molecule has 1 amide bonds. The highest BCUT2D eigenvalue weighted by Crippen LogP contribution is 2.26. The van der Waals surface area contributed by atoms with E-state index in [4.69, 9.17) is 8.83 Å². The van der Waals surface area contributed by atoms with Crippen molar-refractivity contribution in [2.45, 2.75) is 11.8 Å². The number of amides is 1. The number of rotatable bonds is 5. The molecule has 0 aliphatic heterocycles. The van der Waals surface area contributed by atoms with Crippen LogP contribution in [0.15, 0.2) is 62.6 Å². The van der Waals surface area contributed by atoms with E-state index in [0.717, 1.165) is 12.5 Å². The van der Waals surface area contributed by atoms with Crippen molar-refractivity contribution in [3.63, 3.8) is 0 Å². The van der Waals surface area contributed by atoms with Crippen LogP contribution in [-0.4, -0.2) is 35.5 Å². The largest absolute Gasteiger partial charge is 0.435 e. The van der Waals surface area contributed by atoms with Gasteiger partial charge in [-0.15, -0.1) is 0 Å². The highest BCUT2D eigenvalue weighted by molar-refractivity contribution is 7.90. The Kier molecular flexibility index (Phi) is 5.11. The fraction of sp³-hybridized carbons (Fsp3) is 0.100. The van der Waals surface area contributed by atoms with Crippen LogP contribution in [0.5, 0.6) is 0 Å². The molecule has 3 aromatic heterocycles. The van der Waals surface area contributed by atoms with Crippen molar-refractivity contribution >= 4 is 21.8 Å². The second kappa shape index (κ2) is 7.76. The maximum Gasteiger partial charge on any atom is 0.302 e. The zero-order valence-electron chi connectivity index (χ0n) is 16.3. The molecule has 3 heterocycles. The summed E-state index contributed by atoms with van der Waals surface area (Å²) in [6, 6.07) is 8.46. The first-order valence-corrected chi connectivity index (χ1v) is 10.8. The van der Waals surface area contributed by atoms with Crippen molar-refractivity contribution in [3.05, 3.63) is 66.3 Å². The molecule has 0 spiro atoms.